The molecule has 106 valence electrons. The summed E-state index contributed by atoms with van der Waals surface area (Å²) in [6.45, 7) is 4.02. The minimum Gasteiger partial charge on any atom is -0.480 e. The molecule has 1 aromatic rings. The first-order chi connectivity index (χ1) is 8.59. The number of alkyl halides is 3. The average Bonchev–Trinajstić information content (AvgIpc) is 2.26. The van der Waals surface area contributed by atoms with Gasteiger partial charge in [0.1, 0.15) is 0 Å². The molecule has 0 aliphatic heterocycles. The minimum absolute atomic E-state index is 0.152. The van der Waals surface area contributed by atoms with Crippen molar-refractivity contribution in [3.63, 3.8) is 0 Å². The van der Waals surface area contributed by atoms with E-state index in [4.69, 9.17) is 5.11 Å². The topological polar surface area (TPSA) is 49.3 Å². The zero-order valence-corrected chi connectivity index (χ0v) is 10.9. The number of carboxylic acid groups (broad SMARTS) is 1. The maximum absolute atomic E-state index is 12.8. The Morgan fingerprint density at radius 2 is 1.74 bits per heavy atom. The van der Waals surface area contributed by atoms with Crippen molar-refractivity contribution in [2.75, 3.05) is 0 Å². The Balaban J connectivity index is 2.99. The number of hydrogen-bond donors (Lipinski definition) is 2. The SMILES string of the molecule is Cc1cccc(C)c1CNC(C)(C(=O)O)C(F)(F)F. The second-order valence-corrected chi connectivity index (χ2v) is 4.65. The molecule has 0 aromatic heterocycles. The van der Waals surface area contributed by atoms with E-state index >= 15 is 0 Å². The molecule has 0 spiro atoms. The monoisotopic (exact) mass is 275 g/mol. The lowest BCUT2D eigenvalue weighted by Gasteiger charge is -2.29. The van der Waals surface area contributed by atoms with Crippen molar-refractivity contribution in [1.29, 1.82) is 0 Å². The third-order valence-electron chi connectivity index (χ3n) is 3.26. The van der Waals surface area contributed by atoms with Gasteiger partial charge in [-0.15, -0.1) is 0 Å². The number of halogens is 3. The molecule has 0 bridgehead atoms. The van der Waals surface area contributed by atoms with Crippen LogP contribution in [-0.2, 0) is 11.3 Å². The molecule has 0 amide bonds. The molecule has 1 unspecified atom stereocenters. The Labute approximate surface area is 109 Å². The third kappa shape index (κ3) is 3.07. The highest BCUT2D eigenvalue weighted by Gasteiger charge is 2.57. The second kappa shape index (κ2) is 5.21. The summed E-state index contributed by atoms with van der Waals surface area (Å²) >= 11 is 0. The van der Waals surface area contributed by atoms with Gasteiger partial charge < -0.3 is 5.11 Å². The van der Waals surface area contributed by atoms with E-state index in [1.165, 1.54) is 0 Å². The molecule has 2 N–H and O–H groups in total. The standard InChI is InChI=1S/C13H16F3NO2/c1-8-5-4-6-9(2)10(8)7-17-12(3,11(18)19)13(14,15)16/h4-6,17H,7H2,1-3H3,(H,18,19). The van der Waals surface area contributed by atoms with Gasteiger partial charge in [0.2, 0.25) is 5.54 Å². The van der Waals surface area contributed by atoms with Crippen LogP contribution >= 0.6 is 0 Å². The van der Waals surface area contributed by atoms with Gasteiger partial charge in [-0.3, -0.25) is 5.32 Å². The summed E-state index contributed by atoms with van der Waals surface area (Å²) in [6, 6.07) is 5.35. The zero-order valence-electron chi connectivity index (χ0n) is 10.9. The van der Waals surface area contributed by atoms with E-state index in [-0.39, 0.29) is 6.54 Å². The Bertz CT molecular complexity index is 465. The number of carbonyl (C=O) groups is 1. The number of aryl methyl sites for hydroxylation is 2. The molecule has 1 rings (SSSR count). The van der Waals surface area contributed by atoms with Crippen LogP contribution in [-0.4, -0.2) is 22.8 Å². The van der Waals surface area contributed by atoms with Crippen molar-refractivity contribution in [2.45, 2.75) is 39.0 Å². The van der Waals surface area contributed by atoms with Crippen LogP contribution in [0.4, 0.5) is 13.2 Å². The van der Waals surface area contributed by atoms with E-state index in [9.17, 15) is 18.0 Å². The fourth-order valence-corrected chi connectivity index (χ4v) is 1.69. The number of benzene rings is 1. The van der Waals surface area contributed by atoms with Gasteiger partial charge >= 0.3 is 12.1 Å². The number of rotatable bonds is 4. The van der Waals surface area contributed by atoms with Crippen LogP contribution in [0.25, 0.3) is 0 Å². The molecule has 1 aromatic carbocycles. The van der Waals surface area contributed by atoms with Gasteiger partial charge in [-0.25, -0.2) is 4.79 Å². The maximum Gasteiger partial charge on any atom is 0.417 e. The molecule has 0 radical (unpaired) electrons. The predicted octanol–water partition coefficient (Wildman–Crippen LogP) is 2.80. The first-order valence-corrected chi connectivity index (χ1v) is 5.70. The molecule has 0 aliphatic carbocycles. The van der Waals surface area contributed by atoms with Crippen molar-refractivity contribution in [3.05, 3.63) is 34.9 Å². The van der Waals surface area contributed by atoms with E-state index < -0.39 is 17.7 Å². The van der Waals surface area contributed by atoms with Crippen molar-refractivity contribution in [1.82, 2.24) is 5.32 Å². The third-order valence-corrected chi connectivity index (χ3v) is 3.26. The fourth-order valence-electron chi connectivity index (χ4n) is 1.69. The van der Waals surface area contributed by atoms with Crippen molar-refractivity contribution in [3.8, 4) is 0 Å². The lowest BCUT2D eigenvalue weighted by Crippen LogP contribution is -2.59. The highest BCUT2D eigenvalue weighted by Crippen LogP contribution is 2.31. The second-order valence-electron chi connectivity index (χ2n) is 4.65. The quantitative estimate of drug-likeness (QED) is 0.888. The maximum atomic E-state index is 12.8. The van der Waals surface area contributed by atoms with Crippen molar-refractivity contribution >= 4 is 5.97 Å². The molecule has 0 saturated heterocycles. The van der Waals surface area contributed by atoms with Crippen molar-refractivity contribution < 1.29 is 23.1 Å². The first-order valence-electron chi connectivity index (χ1n) is 5.70. The molecule has 19 heavy (non-hydrogen) atoms. The van der Waals surface area contributed by atoms with E-state index in [1.807, 2.05) is 0 Å². The van der Waals surface area contributed by atoms with Gasteiger partial charge in [-0.2, -0.15) is 13.2 Å². The largest absolute Gasteiger partial charge is 0.480 e. The van der Waals surface area contributed by atoms with Crippen LogP contribution in [0.2, 0.25) is 0 Å². The summed E-state index contributed by atoms with van der Waals surface area (Å²) < 4.78 is 38.4. The Morgan fingerprint density at radius 1 is 1.26 bits per heavy atom. The van der Waals surface area contributed by atoms with Gasteiger partial charge in [0.05, 0.1) is 0 Å². The molecular formula is C13H16F3NO2. The highest BCUT2D eigenvalue weighted by atomic mass is 19.4. The summed E-state index contributed by atoms with van der Waals surface area (Å²) in [4.78, 5) is 10.9. The van der Waals surface area contributed by atoms with E-state index in [1.54, 1.807) is 32.0 Å². The normalized spacial score (nSPS) is 15.1. The van der Waals surface area contributed by atoms with E-state index in [0.717, 1.165) is 11.1 Å². The van der Waals surface area contributed by atoms with Crippen LogP contribution in [0, 0.1) is 13.8 Å². The summed E-state index contributed by atoms with van der Waals surface area (Å²) in [5.41, 5.74) is -0.633. The smallest absolute Gasteiger partial charge is 0.417 e. The number of carboxylic acids is 1. The number of nitrogens with one attached hydrogen (secondary N) is 1. The lowest BCUT2D eigenvalue weighted by molar-refractivity contribution is -0.206. The minimum atomic E-state index is -4.87. The molecule has 3 nitrogen and oxygen atoms in total. The first kappa shape index (κ1) is 15.5. The molecule has 0 aliphatic rings. The van der Waals surface area contributed by atoms with E-state index in [2.05, 4.69) is 5.32 Å². The molecular weight excluding hydrogens is 259 g/mol. The van der Waals surface area contributed by atoms with Crippen molar-refractivity contribution in [2.24, 2.45) is 0 Å². The zero-order chi connectivity index (χ0) is 14.8. The van der Waals surface area contributed by atoms with Gasteiger partial charge in [0.25, 0.3) is 0 Å². The molecule has 1 atom stereocenters. The highest BCUT2D eigenvalue weighted by molar-refractivity contribution is 5.79. The Kier molecular flexibility index (Phi) is 4.25. The van der Waals surface area contributed by atoms with Gasteiger partial charge in [-0.1, -0.05) is 18.2 Å². The average molecular weight is 275 g/mol. The molecule has 0 fully saturated rings. The fraction of sp³-hybridized carbons (Fsp3) is 0.462. The molecule has 0 heterocycles. The van der Waals surface area contributed by atoms with Gasteiger partial charge in [0.15, 0.2) is 0 Å². The predicted molar refractivity (Wildman–Crippen MR) is 64.9 cm³/mol. The summed E-state index contributed by atoms with van der Waals surface area (Å²) in [5.74, 6) is -1.94. The van der Waals surface area contributed by atoms with Gasteiger partial charge in [0, 0.05) is 6.54 Å². The van der Waals surface area contributed by atoms with Crippen LogP contribution in [0.15, 0.2) is 18.2 Å². The van der Waals surface area contributed by atoms with E-state index in [0.29, 0.717) is 12.5 Å². The van der Waals surface area contributed by atoms with Crippen LogP contribution in [0.3, 0.4) is 0 Å². The van der Waals surface area contributed by atoms with Gasteiger partial charge in [-0.05, 0) is 37.5 Å². The number of hydrogen-bond acceptors (Lipinski definition) is 2. The lowest BCUT2D eigenvalue weighted by atomic mass is 9.98. The Morgan fingerprint density at radius 3 is 2.11 bits per heavy atom. The summed E-state index contributed by atoms with van der Waals surface area (Å²) in [6.07, 6.45) is -4.87. The molecule has 6 heteroatoms. The summed E-state index contributed by atoms with van der Waals surface area (Å²) in [7, 11) is 0. The number of aliphatic carboxylic acids is 1. The molecule has 0 saturated carbocycles. The van der Waals surface area contributed by atoms with Crippen LogP contribution < -0.4 is 5.32 Å². The summed E-state index contributed by atoms with van der Waals surface area (Å²) in [5, 5.41) is 10.9. The Hall–Kier alpha value is -1.56. The van der Waals surface area contributed by atoms with Crippen LogP contribution in [0.1, 0.15) is 23.6 Å². The van der Waals surface area contributed by atoms with Crippen LogP contribution in [0.5, 0.6) is 0 Å².